The summed E-state index contributed by atoms with van der Waals surface area (Å²) in [7, 11) is 0. The molecular formula is C14H18F2N2O2. The predicted molar refractivity (Wildman–Crippen MR) is 71.3 cm³/mol. The Morgan fingerprint density at radius 2 is 1.85 bits per heavy atom. The largest absolute Gasteiger partial charge is 0.390 e. The zero-order chi connectivity index (χ0) is 14.8. The van der Waals surface area contributed by atoms with Gasteiger partial charge in [-0.15, -0.1) is 0 Å². The molecule has 0 bridgehead atoms. The summed E-state index contributed by atoms with van der Waals surface area (Å²) in [6.07, 6.45) is 1.21. The van der Waals surface area contributed by atoms with Crippen LogP contribution in [0.15, 0.2) is 18.2 Å². The van der Waals surface area contributed by atoms with Crippen molar-refractivity contribution in [2.75, 3.05) is 25.0 Å². The van der Waals surface area contributed by atoms with Gasteiger partial charge in [0.2, 0.25) is 5.91 Å². The fourth-order valence-electron chi connectivity index (χ4n) is 2.22. The molecule has 4 nitrogen and oxygen atoms in total. The minimum atomic E-state index is -0.727. The molecule has 1 amide bonds. The molecule has 0 atom stereocenters. The van der Waals surface area contributed by atoms with Gasteiger partial charge in [-0.3, -0.25) is 9.69 Å². The Morgan fingerprint density at radius 1 is 1.30 bits per heavy atom. The molecule has 2 rings (SSSR count). The van der Waals surface area contributed by atoms with Gasteiger partial charge in [0.1, 0.15) is 11.6 Å². The number of carbonyl (C=O) groups is 1. The summed E-state index contributed by atoms with van der Waals surface area (Å²) in [5, 5.41) is 12.3. The van der Waals surface area contributed by atoms with Crippen LogP contribution in [0.3, 0.4) is 0 Å². The number of nitrogens with one attached hydrogen (secondary N) is 1. The van der Waals surface area contributed by atoms with Crippen molar-refractivity contribution < 1.29 is 18.7 Å². The average Bonchev–Trinajstić information content (AvgIpc) is 2.30. The Morgan fingerprint density at radius 3 is 2.40 bits per heavy atom. The Bertz CT molecular complexity index is 476. The SMILES string of the molecule is CC1(O)CCN(CC(=O)Nc2cc(F)cc(F)c2)CC1. The van der Waals surface area contributed by atoms with Crippen LogP contribution in [-0.4, -0.2) is 41.1 Å². The molecule has 0 unspecified atom stereocenters. The van der Waals surface area contributed by atoms with Gasteiger partial charge in [0, 0.05) is 24.8 Å². The van der Waals surface area contributed by atoms with E-state index in [9.17, 15) is 18.7 Å². The lowest BCUT2D eigenvalue weighted by atomic mass is 9.94. The highest BCUT2D eigenvalue weighted by atomic mass is 19.1. The van der Waals surface area contributed by atoms with E-state index >= 15 is 0 Å². The number of piperidine rings is 1. The number of aliphatic hydroxyl groups is 1. The number of hydrogen-bond acceptors (Lipinski definition) is 3. The van der Waals surface area contributed by atoms with Crippen molar-refractivity contribution in [2.45, 2.75) is 25.4 Å². The molecule has 0 aromatic heterocycles. The number of hydrogen-bond donors (Lipinski definition) is 2. The van der Waals surface area contributed by atoms with E-state index in [4.69, 9.17) is 0 Å². The zero-order valence-electron chi connectivity index (χ0n) is 11.3. The first-order valence-electron chi connectivity index (χ1n) is 6.55. The lowest BCUT2D eigenvalue weighted by molar-refractivity contribution is -0.118. The van der Waals surface area contributed by atoms with Gasteiger partial charge in [0.05, 0.1) is 12.1 Å². The van der Waals surface area contributed by atoms with Crippen LogP contribution in [-0.2, 0) is 4.79 Å². The predicted octanol–water partition coefficient (Wildman–Crippen LogP) is 1.75. The molecular weight excluding hydrogens is 266 g/mol. The third-order valence-corrected chi connectivity index (χ3v) is 3.45. The maximum Gasteiger partial charge on any atom is 0.238 e. The third kappa shape index (κ3) is 4.25. The van der Waals surface area contributed by atoms with Crippen LogP contribution >= 0.6 is 0 Å². The summed E-state index contributed by atoms with van der Waals surface area (Å²) in [6, 6.07) is 2.90. The molecule has 1 fully saturated rings. The molecule has 1 aromatic rings. The first-order chi connectivity index (χ1) is 9.34. The molecule has 1 aliphatic heterocycles. The van der Waals surface area contributed by atoms with Gasteiger partial charge in [-0.2, -0.15) is 0 Å². The molecule has 0 radical (unpaired) electrons. The highest BCUT2D eigenvalue weighted by Crippen LogP contribution is 2.21. The normalized spacial score (nSPS) is 18.8. The van der Waals surface area contributed by atoms with Gasteiger partial charge in [0.25, 0.3) is 0 Å². The van der Waals surface area contributed by atoms with E-state index in [-0.39, 0.29) is 18.1 Å². The summed E-state index contributed by atoms with van der Waals surface area (Å²) in [5.41, 5.74) is -0.560. The van der Waals surface area contributed by atoms with Crippen LogP contribution in [0.4, 0.5) is 14.5 Å². The number of rotatable bonds is 3. The van der Waals surface area contributed by atoms with E-state index < -0.39 is 17.2 Å². The van der Waals surface area contributed by atoms with Crippen LogP contribution in [0, 0.1) is 11.6 Å². The van der Waals surface area contributed by atoms with Crippen molar-refractivity contribution in [3.8, 4) is 0 Å². The number of nitrogens with zero attached hydrogens (tertiary/aromatic N) is 1. The van der Waals surface area contributed by atoms with Crippen molar-refractivity contribution >= 4 is 11.6 Å². The van der Waals surface area contributed by atoms with Crippen LogP contribution in [0.5, 0.6) is 0 Å². The first kappa shape index (κ1) is 14.9. The van der Waals surface area contributed by atoms with Crippen LogP contribution in [0.2, 0.25) is 0 Å². The Hall–Kier alpha value is -1.53. The fourth-order valence-corrected chi connectivity index (χ4v) is 2.22. The summed E-state index contributed by atoms with van der Waals surface area (Å²) in [4.78, 5) is 13.7. The molecule has 0 saturated carbocycles. The molecule has 110 valence electrons. The molecule has 2 N–H and O–H groups in total. The Labute approximate surface area is 116 Å². The Balaban J connectivity index is 1.87. The second-order valence-corrected chi connectivity index (χ2v) is 5.48. The molecule has 1 aliphatic rings. The van der Waals surface area contributed by atoms with E-state index in [0.29, 0.717) is 25.9 Å². The van der Waals surface area contributed by atoms with Crippen molar-refractivity contribution in [3.05, 3.63) is 29.8 Å². The summed E-state index contributed by atoms with van der Waals surface area (Å²) >= 11 is 0. The van der Waals surface area contributed by atoms with Gasteiger partial charge < -0.3 is 10.4 Å². The van der Waals surface area contributed by atoms with Crippen LogP contribution in [0.25, 0.3) is 0 Å². The van der Waals surface area contributed by atoms with Gasteiger partial charge >= 0.3 is 0 Å². The van der Waals surface area contributed by atoms with Crippen LogP contribution in [0.1, 0.15) is 19.8 Å². The fraction of sp³-hybridized carbons (Fsp3) is 0.500. The van der Waals surface area contributed by atoms with Gasteiger partial charge in [-0.1, -0.05) is 0 Å². The Kier molecular flexibility index (Phi) is 4.35. The number of carbonyl (C=O) groups excluding carboxylic acids is 1. The standard InChI is InChI=1S/C14H18F2N2O2/c1-14(20)2-4-18(5-3-14)9-13(19)17-12-7-10(15)6-11(16)8-12/h6-8,20H,2-5,9H2,1H3,(H,17,19). The average molecular weight is 284 g/mol. The summed E-state index contributed by atoms with van der Waals surface area (Å²) in [5.74, 6) is -1.78. The second-order valence-electron chi connectivity index (χ2n) is 5.48. The maximum atomic E-state index is 13.0. The lowest BCUT2D eigenvalue weighted by Gasteiger charge is -2.35. The smallest absolute Gasteiger partial charge is 0.238 e. The van der Waals surface area contributed by atoms with Crippen LogP contribution < -0.4 is 5.32 Å². The van der Waals surface area contributed by atoms with E-state index in [0.717, 1.165) is 18.2 Å². The minimum absolute atomic E-state index is 0.108. The monoisotopic (exact) mass is 284 g/mol. The highest BCUT2D eigenvalue weighted by molar-refractivity contribution is 5.92. The number of likely N-dealkylation sites (tertiary alicyclic amines) is 1. The van der Waals surface area contributed by atoms with E-state index in [1.165, 1.54) is 0 Å². The number of anilines is 1. The number of halogens is 2. The third-order valence-electron chi connectivity index (χ3n) is 3.45. The lowest BCUT2D eigenvalue weighted by Crippen LogP contribution is -2.45. The first-order valence-corrected chi connectivity index (χ1v) is 6.55. The molecule has 0 spiro atoms. The van der Waals surface area contributed by atoms with Gasteiger partial charge in [-0.25, -0.2) is 8.78 Å². The number of benzene rings is 1. The summed E-state index contributed by atoms with van der Waals surface area (Å²) in [6.45, 7) is 3.17. The summed E-state index contributed by atoms with van der Waals surface area (Å²) < 4.78 is 26.0. The van der Waals surface area contributed by atoms with Crippen molar-refractivity contribution in [1.82, 2.24) is 4.90 Å². The minimum Gasteiger partial charge on any atom is -0.390 e. The van der Waals surface area contributed by atoms with Gasteiger partial charge in [-0.05, 0) is 31.9 Å². The van der Waals surface area contributed by atoms with Gasteiger partial charge in [0.15, 0.2) is 0 Å². The number of amides is 1. The zero-order valence-corrected chi connectivity index (χ0v) is 11.3. The molecule has 1 aromatic carbocycles. The molecule has 1 saturated heterocycles. The van der Waals surface area contributed by atoms with Crippen molar-refractivity contribution in [2.24, 2.45) is 0 Å². The van der Waals surface area contributed by atoms with E-state index in [1.807, 2.05) is 4.90 Å². The molecule has 0 aliphatic carbocycles. The molecule has 6 heteroatoms. The second kappa shape index (κ2) is 5.85. The van der Waals surface area contributed by atoms with E-state index in [1.54, 1.807) is 6.92 Å². The van der Waals surface area contributed by atoms with E-state index in [2.05, 4.69) is 5.32 Å². The highest BCUT2D eigenvalue weighted by Gasteiger charge is 2.27. The van der Waals surface area contributed by atoms with Crippen molar-refractivity contribution in [1.29, 1.82) is 0 Å². The molecule has 1 heterocycles. The topological polar surface area (TPSA) is 52.6 Å². The molecule has 20 heavy (non-hydrogen) atoms. The maximum absolute atomic E-state index is 13.0. The van der Waals surface area contributed by atoms with Crippen molar-refractivity contribution in [3.63, 3.8) is 0 Å². The quantitative estimate of drug-likeness (QED) is 0.889.